The van der Waals surface area contributed by atoms with Crippen LogP contribution in [0.1, 0.15) is 23.6 Å². The molecule has 3 nitrogen and oxygen atoms in total. The molecule has 3 heteroatoms. The van der Waals surface area contributed by atoms with Gasteiger partial charge in [-0.05, 0) is 43.7 Å². The quantitative estimate of drug-likeness (QED) is 0.914. The first-order valence-electron chi connectivity index (χ1n) is 6.96. The Morgan fingerprint density at radius 1 is 1.00 bits per heavy atom. The zero-order valence-corrected chi connectivity index (χ0v) is 13.0. The number of rotatable bonds is 5. The number of aliphatic hydroxyl groups is 1. The van der Waals surface area contributed by atoms with Crippen LogP contribution in [0.15, 0.2) is 42.5 Å². The van der Waals surface area contributed by atoms with Crippen molar-refractivity contribution in [1.82, 2.24) is 0 Å². The normalized spacial score (nSPS) is 13.6. The lowest BCUT2D eigenvalue weighted by Crippen LogP contribution is -2.25. The fourth-order valence-corrected chi connectivity index (χ4v) is 2.48. The number of hydrogen-bond acceptors (Lipinski definition) is 3. The summed E-state index contributed by atoms with van der Waals surface area (Å²) >= 11 is 0. The molecule has 112 valence electrons. The van der Waals surface area contributed by atoms with Gasteiger partial charge in [0.1, 0.15) is 11.5 Å². The summed E-state index contributed by atoms with van der Waals surface area (Å²) in [4.78, 5) is 0. The molecule has 1 N–H and O–H groups in total. The van der Waals surface area contributed by atoms with Gasteiger partial charge in [-0.25, -0.2) is 0 Å². The summed E-state index contributed by atoms with van der Waals surface area (Å²) in [5.41, 5.74) is 1.96. The van der Waals surface area contributed by atoms with Crippen molar-refractivity contribution < 1.29 is 14.6 Å². The molecular formula is C18H22O3. The van der Waals surface area contributed by atoms with Crippen molar-refractivity contribution in [3.8, 4) is 11.5 Å². The molecule has 0 spiro atoms. The van der Waals surface area contributed by atoms with Gasteiger partial charge in [0.05, 0.1) is 19.8 Å². The van der Waals surface area contributed by atoms with E-state index < -0.39 is 5.60 Å². The van der Waals surface area contributed by atoms with E-state index in [9.17, 15) is 5.11 Å². The molecule has 21 heavy (non-hydrogen) atoms. The van der Waals surface area contributed by atoms with Crippen LogP contribution in [-0.4, -0.2) is 19.3 Å². The largest absolute Gasteiger partial charge is 0.497 e. The van der Waals surface area contributed by atoms with E-state index in [4.69, 9.17) is 9.47 Å². The van der Waals surface area contributed by atoms with Crippen LogP contribution in [0.2, 0.25) is 0 Å². The van der Waals surface area contributed by atoms with E-state index >= 15 is 0 Å². The van der Waals surface area contributed by atoms with Crippen molar-refractivity contribution in [1.29, 1.82) is 0 Å². The van der Waals surface area contributed by atoms with Gasteiger partial charge in [-0.3, -0.25) is 0 Å². The van der Waals surface area contributed by atoms with Crippen molar-refractivity contribution in [2.45, 2.75) is 25.9 Å². The molecule has 0 saturated heterocycles. The maximum Gasteiger partial charge on any atom is 0.124 e. The Labute approximate surface area is 126 Å². The minimum atomic E-state index is -0.994. The van der Waals surface area contributed by atoms with Crippen LogP contribution < -0.4 is 9.47 Å². The molecule has 0 fully saturated rings. The van der Waals surface area contributed by atoms with Crippen LogP contribution in [0, 0.1) is 6.92 Å². The van der Waals surface area contributed by atoms with Gasteiger partial charge in [0.25, 0.3) is 0 Å². The Hall–Kier alpha value is -2.00. The highest BCUT2D eigenvalue weighted by Crippen LogP contribution is 2.33. The highest BCUT2D eigenvalue weighted by Gasteiger charge is 2.27. The number of aryl methyl sites for hydroxylation is 1. The minimum absolute atomic E-state index is 0.511. The van der Waals surface area contributed by atoms with Crippen LogP contribution >= 0.6 is 0 Å². The average molecular weight is 286 g/mol. The SMILES string of the molecule is COc1ccc(CC(C)(O)c2cc(C)ccc2OC)cc1. The predicted octanol–water partition coefficient (Wildman–Crippen LogP) is 3.46. The Kier molecular flexibility index (Phi) is 4.53. The van der Waals surface area contributed by atoms with Crippen molar-refractivity contribution >= 4 is 0 Å². The topological polar surface area (TPSA) is 38.7 Å². The van der Waals surface area contributed by atoms with E-state index in [0.717, 1.165) is 22.4 Å². The lowest BCUT2D eigenvalue weighted by atomic mass is 9.87. The van der Waals surface area contributed by atoms with Crippen molar-refractivity contribution in [2.75, 3.05) is 14.2 Å². The first-order valence-corrected chi connectivity index (χ1v) is 6.96. The van der Waals surface area contributed by atoms with Gasteiger partial charge in [-0.2, -0.15) is 0 Å². The van der Waals surface area contributed by atoms with Gasteiger partial charge in [-0.15, -0.1) is 0 Å². The minimum Gasteiger partial charge on any atom is -0.497 e. The lowest BCUT2D eigenvalue weighted by Gasteiger charge is -2.26. The summed E-state index contributed by atoms with van der Waals surface area (Å²) in [6, 6.07) is 13.6. The van der Waals surface area contributed by atoms with Crippen LogP contribution in [0.3, 0.4) is 0 Å². The Morgan fingerprint density at radius 3 is 2.24 bits per heavy atom. The zero-order chi connectivity index (χ0) is 15.5. The number of ether oxygens (including phenoxy) is 2. The molecule has 2 rings (SSSR count). The molecule has 0 radical (unpaired) electrons. The van der Waals surface area contributed by atoms with Crippen molar-refractivity contribution in [3.63, 3.8) is 0 Å². The van der Waals surface area contributed by atoms with Crippen LogP contribution in [0.4, 0.5) is 0 Å². The van der Waals surface area contributed by atoms with E-state index in [2.05, 4.69) is 0 Å². The van der Waals surface area contributed by atoms with Crippen LogP contribution in [-0.2, 0) is 12.0 Å². The number of benzene rings is 2. The second-order valence-corrected chi connectivity index (χ2v) is 5.50. The third-order valence-corrected chi connectivity index (χ3v) is 3.64. The van der Waals surface area contributed by atoms with Gasteiger partial charge in [0, 0.05) is 12.0 Å². The van der Waals surface area contributed by atoms with Gasteiger partial charge >= 0.3 is 0 Å². The molecule has 0 aromatic heterocycles. The molecule has 0 heterocycles. The van der Waals surface area contributed by atoms with E-state index in [1.807, 2.05) is 56.3 Å². The highest BCUT2D eigenvalue weighted by molar-refractivity contribution is 5.42. The van der Waals surface area contributed by atoms with Gasteiger partial charge in [0.15, 0.2) is 0 Å². The summed E-state index contributed by atoms with van der Waals surface area (Å²) in [5, 5.41) is 10.9. The average Bonchev–Trinajstić information content (AvgIpc) is 2.47. The van der Waals surface area contributed by atoms with Gasteiger partial charge < -0.3 is 14.6 Å². The zero-order valence-electron chi connectivity index (χ0n) is 13.0. The lowest BCUT2D eigenvalue weighted by molar-refractivity contribution is 0.0549. The number of hydrogen-bond donors (Lipinski definition) is 1. The monoisotopic (exact) mass is 286 g/mol. The molecule has 0 aliphatic carbocycles. The third-order valence-electron chi connectivity index (χ3n) is 3.64. The highest BCUT2D eigenvalue weighted by atomic mass is 16.5. The van der Waals surface area contributed by atoms with E-state index in [1.165, 1.54) is 0 Å². The first kappa shape index (κ1) is 15.4. The van der Waals surface area contributed by atoms with E-state index in [1.54, 1.807) is 14.2 Å². The Balaban J connectivity index is 2.30. The molecule has 0 bridgehead atoms. The molecule has 2 aromatic carbocycles. The predicted molar refractivity (Wildman–Crippen MR) is 84.0 cm³/mol. The number of methoxy groups -OCH3 is 2. The van der Waals surface area contributed by atoms with Crippen LogP contribution in [0.25, 0.3) is 0 Å². The fraction of sp³-hybridized carbons (Fsp3) is 0.333. The smallest absolute Gasteiger partial charge is 0.124 e. The Morgan fingerprint density at radius 2 is 1.67 bits per heavy atom. The molecule has 0 amide bonds. The molecule has 0 aliphatic heterocycles. The van der Waals surface area contributed by atoms with Crippen molar-refractivity contribution in [2.24, 2.45) is 0 Å². The summed E-state index contributed by atoms with van der Waals surface area (Å²) in [5.74, 6) is 1.52. The van der Waals surface area contributed by atoms with Gasteiger partial charge in [0.2, 0.25) is 0 Å². The molecular weight excluding hydrogens is 264 g/mol. The second-order valence-electron chi connectivity index (χ2n) is 5.50. The summed E-state index contributed by atoms with van der Waals surface area (Å²) in [7, 11) is 3.26. The maximum atomic E-state index is 10.9. The van der Waals surface area contributed by atoms with E-state index in [-0.39, 0.29) is 0 Å². The van der Waals surface area contributed by atoms with Crippen molar-refractivity contribution in [3.05, 3.63) is 59.2 Å². The molecule has 1 atom stereocenters. The summed E-state index contributed by atoms with van der Waals surface area (Å²) < 4.78 is 10.5. The molecule has 1 unspecified atom stereocenters. The Bertz CT molecular complexity index is 600. The third kappa shape index (κ3) is 3.56. The van der Waals surface area contributed by atoms with E-state index in [0.29, 0.717) is 12.2 Å². The second kappa shape index (κ2) is 6.19. The molecule has 0 aliphatic rings. The summed E-state index contributed by atoms with van der Waals surface area (Å²) in [6.45, 7) is 3.82. The molecule has 0 saturated carbocycles. The molecule has 2 aromatic rings. The fourth-order valence-electron chi connectivity index (χ4n) is 2.48. The standard InChI is InChI=1S/C18H22O3/c1-13-5-10-17(21-4)16(11-13)18(2,19)12-14-6-8-15(20-3)9-7-14/h5-11,19H,12H2,1-4H3. The van der Waals surface area contributed by atoms with Gasteiger partial charge in [-0.1, -0.05) is 23.8 Å². The first-order chi connectivity index (χ1) is 9.96. The van der Waals surface area contributed by atoms with Crippen LogP contribution in [0.5, 0.6) is 11.5 Å². The maximum absolute atomic E-state index is 10.9. The summed E-state index contributed by atoms with van der Waals surface area (Å²) in [6.07, 6.45) is 0.511.